The van der Waals surface area contributed by atoms with E-state index in [-0.39, 0.29) is 0 Å². The highest BCUT2D eigenvalue weighted by Gasteiger charge is 2.26. The van der Waals surface area contributed by atoms with Gasteiger partial charge in [-0.25, -0.2) is 9.97 Å². The van der Waals surface area contributed by atoms with E-state index in [2.05, 4.69) is 28.3 Å². The number of carbonyl (C=O) groups is 1. The molecule has 0 amide bonds. The molecular weight excluding hydrogens is 252 g/mol. The predicted octanol–water partition coefficient (Wildman–Crippen LogP) is 2.37. The van der Waals surface area contributed by atoms with Crippen molar-refractivity contribution in [3.05, 3.63) is 29.7 Å². The molecule has 2 N–H and O–H groups in total. The Bertz CT molecular complexity index is 655. The highest BCUT2D eigenvalue weighted by Crippen LogP contribution is 2.39. The second-order valence-electron chi connectivity index (χ2n) is 5.04. The molecule has 1 aliphatic rings. The quantitative estimate of drug-likeness (QED) is 0.791. The molecule has 0 radical (unpaired) electrons. The number of rotatable bonds is 6. The first kappa shape index (κ1) is 12.8. The Morgan fingerprint density at radius 2 is 2.40 bits per heavy atom. The second-order valence-corrected chi connectivity index (χ2v) is 5.04. The Hall–Kier alpha value is -2.17. The van der Waals surface area contributed by atoms with Gasteiger partial charge in [0.1, 0.15) is 11.8 Å². The van der Waals surface area contributed by atoms with Crippen molar-refractivity contribution in [3.63, 3.8) is 0 Å². The molecule has 0 atom stereocenters. The molecule has 5 heteroatoms. The van der Waals surface area contributed by atoms with Gasteiger partial charge in [-0.1, -0.05) is 13.0 Å². The molecule has 1 fully saturated rings. The van der Waals surface area contributed by atoms with Crippen molar-refractivity contribution in [2.75, 3.05) is 6.54 Å². The molecule has 0 bridgehead atoms. The molecule has 0 aromatic carbocycles. The van der Waals surface area contributed by atoms with Gasteiger partial charge in [-0.05, 0) is 19.3 Å². The van der Waals surface area contributed by atoms with E-state index in [0.29, 0.717) is 12.5 Å². The summed E-state index contributed by atoms with van der Waals surface area (Å²) in [5.74, 6) is 0.580. The molecule has 20 heavy (non-hydrogen) atoms. The molecule has 0 aliphatic heterocycles. The minimum absolute atomic E-state index is 0.300. The van der Waals surface area contributed by atoms with Gasteiger partial charge in [0, 0.05) is 23.4 Å². The number of hydrogen-bond donors (Lipinski definition) is 2. The van der Waals surface area contributed by atoms with Crippen LogP contribution in [0.4, 0.5) is 0 Å². The van der Waals surface area contributed by atoms with Gasteiger partial charge < -0.3 is 15.1 Å². The van der Waals surface area contributed by atoms with Crippen LogP contribution in [0.15, 0.2) is 18.5 Å². The summed E-state index contributed by atoms with van der Waals surface area (Å²) >= 11 is 0. The van der Waals surface area contributed by atoms with Gasteiger partial charge in [0.05, 0.1) is 18.4 Å². The fourth-order valence-electron chi connectivity index (χ4n) is 2.32. The van der Waals surface area contributed by atoms with Gasteiger partial charge in [0.25, 0.3) is 0 Å². The number of nitrogens with zero attached hydrogens (tertiary/aromatic N) is 2. The summed E-state index contributed by atoms with van der Waals surface area (Å²) in [6, 6.07) is 0. The minimum atomic E-state index is 0.300. The summed E-state index contributed by atoms with van der Waals surface area (Å²) in [6.07, 6.45) is 10.0. The van der Waals surface area contributed by atoms with Gasteiger partial charge in [0.15, 0.2) is 5.65 Å². The monoisotopic (exact) mass is 270 g/mol. The smallest absolute Gasteiger partial charge is 0.156 e. The summed E-state index contributed by atoms with van der Waals surface area (Å²) in [6.45, 7) is 2.37. The summed E-state index contributed by atoms with van der Waals surface area (Å²) in [5.41, 5.74) is 4.67. The van der Waals surface area contributed by atoms with Crippen LogP contribution in [0, 0.1) is 0 Å². The molecule has 1 aliphatic carbocycles. The standard InChI is InChI=1S/C15H18N4O/c1-2-3-12(16-6-7-20)11-8-17-15-14(11)19-13(9-18-15)10-4-5-10/h3,7-10,16H,2,4-6H2,1H3,(H,17,18)/b12-3+. The van der Waals surface area contributed by atoms with E-state index < -0.39 is 0 Å². The zero-order valence-electron chi connectivity index (χ0n) is 11.5. The number of carbonyl (C=O) groups excluding carboxylic acids is 1. The molecule has 104 valence electrons. The number of aromatic nitrogens is 3. The molecule has 0 saturated heterocycles. The molecule has 0 unspecified atom stereocenters. The average Bonchev–Trinajstić information content (AvgIpc) is 3.23. The number of fused-ring (bicyclic) bond motifs is 1. The van der Waals surface area contributed by atoms with E-state index >= 15 is 0 Å². The van der Waals surface area contributed by atoms with Crippen LogP contribution in [0.1, 0.15) is 43.4 Å². The van der Waals surface area contributed by atoms with Crippen molar-refractivity contribution in [2.24, 2.45) is 0 Å². The SMILES string of the molecule is CC/C=C(/NCC=O)c1c[nH]c2ncc(C3CC3)nc12. The van der Waals surface area contributed by atoms with Crippen LogP contribution < -0.4 is 5.32 Å². The third-order valence-electron chi connectivity index (χ3n) is 3.47. The zero-order chi connectivity index (χ0) is 13.9. The van der Waals surface area contributed by atoms with E-state index in [1.165, 1.54) is 12.8 Å². The van der Waals surface area contributed by atoms with Crippen molar-refractivity contribution in [2.45, 2.75) is 32.1 Å². The number of H-pyrrole nitrogens is 1. The maximum Gasteiger partial charge on any atom is 0.156 e. The maximum absolute atomic E-state index is 10.6. The molecule has 1 saturated carbocycles. The lowest BCUT2D eigenvalue weighted by molar-refractivity contribution is -0.107. The number of aromatic amines is 1. The van der Waals surface area contributed by atoms with Crippen LogP contribution in [0.2, 0.25) is 0 Å². The van der Waals surface area contributed by atoms with Gasteiger partial charge in [-0.2, -0.15) is 0 Å². The number of allylic oxidation sites excluding steroid dienone is 1. The van der Waals surface area contributed by atoms with Crippen LogP contribution in [-0.4, -0.2) is 27.8 Å². The first-order chi connectivity index (χ1) is 9.83. The third kappa shape index (κ3) is 2.43. The summed E-state index contributed by atoms with van der Waals surface area (Å²) in [5, 5.41) is 3.13. The van der Waals surface area contributed by atoms with Gasteiger partial charge in [0.2, 0.25) is 0 Å². The molecule has 5 nitrogen and oxygen atoms in total. The summed E-state index contributed by atoms with van der Waals surface area (Å²) in [7, 11) is 0. The van der Waals surface area contributed by atoms with Gasteiger partial charge in [-0.15, -0.1) is 0 Å². The zero-order valence-corrected chi connectivity index (χ0v) is 11.5. The predicted molar refractivity (Wildman–Crippen MR) is 78.2 cm³/mol. The fraction of sp³-hybridized carbons (Fsp3) is 0.400. The van der Waals surface area contributed by atoms with Crippen LogP contribution in [0.5, 0.6) is 0 Å². The van der Waals surface area contributed by atoms with Crippen molar-refractivity contribution < 1.29 is 4.79 Å². The Balaban J connectivity index is 2.01. The molecular formula is C15H18N4O. The maximum atomic E-state index is 10.6. The topological polar surface area (TPSA) is 70.7 Å². The molecule has 0 spiro atoms. The normalized spacial score (nSPS) is 15.6. The van der Waals surface area contributed by atoms with E-state index in [1.54, 1.807) is 0 Å². The van der Waals surface area contributed by atoms with Crippen LogP contribution in [0.3, 0.4) is 0 Å². The highest BCUT2D eigenvalue weighted by molar-refractivity contribution is 5.87. The van der Waals surface area contributed by atoms with Crippen LogP contribution in [0.25, 0.3) is 16.9 Å². The van der Waals surface area contributed by atoms with Crippen molar-refractivity contribution in [1.82, 2.24) is 20.3 Å². The Kier molecular flexibility index (Phi) is 3.50. The first-order valence-electron chi connectivity index (χ1n) is 7.05. The number of aldehydes is 1. The fourth-order valence-corrected chi connectivity index (χ4v) is 2.32. The Morgan fingerprint density at radius 3 is 3.10 bits per heavy atom. The molecule has 2 heterocycles. The van der Waals surface area contributed by atoms with E-state index in [4.69, 9.17) is 4.98 Å². The Labute approximate surface area is 117 Å². The van der Waals surface area contributed by atoms with Crippen molar-refractivity contribution in [3.8, 4) is 0 Å². The lowest BCUT2D eigenvalue weighted by Crippen LogP contribution is -2.14. The molecule has 2 aromatic heterocycles. The van der Waals surface area contributed by atoms with Crippen LogP contribution >= 0.6 is 0 Å². The Morgan fingerprint density at radius 1 is 1.55 bits per heavy atom. The summed E-state index contributed by atoms with van der Waals surface area (Å²) in [4.78, 5) is 22.9. The minimum Gasteiger partial charge on any atom is -0.378 e. The summed E-state index contributed by atoms with van der Waals surface area (Å²) < 4.78 is 0. The number of hydrogen-bond acceptors (Lipinski definition) is 4. The molecule has 3 rings (SSSR count). The van der Waals surface area contributed by atoms with Crippen LogP contribution in [-0.2, 0) is 4.79 Å². The van der Waals surface area contributed by atoms with Crippen molar-refractivity contribution >= 4 is 23.1 Å². The lowest BCUT2D eigenvalue weighted by Gasteiger charge is -2.07. The van der Waals surface area contributed by atoms with E-state index in [0.717, 1.165) is 40.8 Å². The lowest BCUT2D eigenvalue weighted by atomic mass is 10.2. The second kappa shape index (κ2) is 5.45. The first-order valence-corrected chi connectivity index (χ1v) is 7.05. The third-order valence-corrected chi connectivity index (χ3v) is 3.47. The van der Waals surface area contributed by atoms with Gasteiger partial charge in [-0.3, -0.25) is 0 Å². The van der Waals surface area contributed by atoms with E-state index in [1.807, 2.05) is 12.4 Å². The largest absolute Gasteiger partial charge is 0.378 e. The number of nitrogens with one attached hydrogen (secondary N) is 2. The average molecular weight is 270 g/mol. The highest BCUT2D eigenvalue weighted by atomic mass is 16.1. The molecule has 2 aromatic rings. The van der Waals surface area contributed by atoms with Gasteiger partial charge >= 0.3 is 0 Å². The van der Waals surface area contributed by atoms with E-state index in [9.17, 15) is 4.79 Å². The van der Waals surface area contributed by atoms with Crippen molar-refractivity contribution in [1.29, 1.82) is 0 Å².